The fourth-order valence-corrected chi connectivity index (χ4v) is 1.71. The molecular weight excluding hydrogens is 200 g/mol. The Kier molecular flexibility index (Phi) is 4.35. The maximum absolute atomic E-state index is 7.39. The summed E-state index contributed by atoms with van der Waals surface area (Å²) in [6.07, 6.45) is 2.40. The summed E-state index contributed by atoms with van der Waals surface area (Å²) in [5.74, 6) is 0.953. The van der Waals surface area contributed by atoms with Crippen molar-refractivity contribution in [1.29, 1.82) is 5.41 Å². The predicted octanol–water partition coefficient (Wildman–Crippen LogP) is 2.85. The van der Waals surface area contributed by atoms with Gasteiger partial charge in [-0.3, -0.25) is 5.41 Å². The normalized spacial score (nSPS) is 12.2. The van der Waals surface area contributed by atoms with Crippen LogP contribution in [0.15, 0.2) is 18.2 Å². The van der Waals surface area contributed by atoms with Gasteiger partial charge in [0.15, 0.2) is 0 Å². The Hall–Kier alpha value is -1.51. The molecule has 3 heteroatoms. The molecule has 1 aromatic carbocycles. The van der Waals surface area contributed by atoms with E-state index in [0.29, 0.717) is 0 Å². The van der Waals surface area contributed by atoms with Crippen molar-refractivity contribution in [3.63, 3.8) is 0 Å². The van der Waals surface area contributed by atoms with Crippen molar-refractivity contribution in [3.05, 3.63) is 29.3 Å². The van der Waals surface area contributed by atoms with Gasteiger partial charge in [0.1, 0.15) is 11.6 Å². The number of nitrogen functional groups attached to an aromatic ring is 1. The first kappa shape index (κ1) is 12.6. The highest BCUT2D eigenvalue weighted by Crippen LogP contribution is 2.19. The molecule has 0 aliphatic heterocycles. The lowest BCUT2D eigenvalue weighted by atomic mass is 10.1. The second-order valence-electron chi connectivity index (χ2n) is 4.11. The minimum Gasteiger partial charge on any atom is -0.491 e. The SMILES string of the molecule is CCCC(C)Oc1ccc(C(=N)N)c(C)c1. The zero-order valence-electron chi connectivity index (χ0n) is 10.2. The molecule has 1 atom stereocenters. The Morgan fingerprint density at radius 3 is 2.69 bits per heavy atom. The van der Waals surface area contributed by atoms with Crippen LogP contribution in [0, 0.1) is 12.3 Å². The second-order valence-corrected chi connectivity index (χ2v) is 4.11. The van der Waals surface area contributed by atoms with Crippen molar-refractivity contribution in [2.24, 2.45) is 5.73 Å². The average Bonchev–Trinajstić information content (AvgIpc) is 2.17. The molecule has 0 saturated carbocycles. The number of rotatable bonds is 5. The van der Waals surface area contributed by atoms with Gasteiger partial charge in [-0.05, 0) is 44.0 Å². The van der Waals surface area contributed by atoms with Crippen LogP contribution in [0.4, 0.5) is 0 Å². The van der Waals surface area contributed by atoms with Crippen LogP contribution in [0.3, 0.4) is 0 Å². The maximum atomic E-state index is 7.39. The summed E-state index contributed by atoms with van der Waals surface area (Å²) in [4.78, 5) is 0. The summed E-state index contributed by atoms with van der Waals surface area (Å²) in [5, 5.41) is 7.39. The maximum Gasteiger partial charge on any atom is 0.123 e. The summed E-state index contributed by atoms with van der Waals surface area (Å²) in [6, 6.07) is 5.64. The van der Waals surface area contributed by atoms with Crippen LogP contribution in [0.2, 0.25) is 0 Å². The number of hydrogen-bond acceptors (Lipinski definition) is 2. The molecule has 16 heavy (non-hydrogen) atoms. The third-order valence-electron chi connectivity index (χ3n) is 2.52. The van der Waals surface area contributed by atoms with E-state index in [1.807, 2.05) is 25.1 Å². The van der Waals surface area contributed by atoms with E-state index >= 15 is 0 Å². The zero-order chi connectivity index (χ0) is 12.1. The van der Waals surface area contributed by atoms with Crippen LogP contribution < -0.4 is 10.5 Å². The van der Waals surface area contributed by atoms with Crippen LogP contribution >= 0.6 is 0 Å². The highest BCUT2D eigenvalue weighted by molar-refractivity contribution is 5.96. The molecule has 1 unspecified atom stereocenters. The minimum absolute atomic E-state index is 0.102. The van der Waals surface area contributed by atoms with E-state index in [2.05, 4.69) is 13.8 Å². The van der Waals surface area contributed by atoms with Crippen LogP contribution in [0.25, 0.3) is 0 Å². The molecule has 0 fully saturated rings. The van der Waals surface area contributed by atoms with Gasteiger partial charge in [0.25, 0.3) is 0 Å². The number of nitrogens with one attached hydrogen (secondary N) is 1. The zero-order valence-corrected chi connectivity index (χ0v) is 10.2. The number of ether oxygens (including phenoxy) is 1. The van der Waals surface area contributed by atoms with E-state index in [4.69, 9.17) is 15.9 Å². The van der Waals surface area contributed by atoms with Crippen LogP contribution in [-0.2, 0) is 0 Å². The monoisotopic (exact) mass is 220 g/mol. The van der Waals surface area contributed by atoms with E-state index in [0.717, 1.165) is 29.7 Å². The predicted molar refractivity (Wildman–Crippen MR) is 67.2 cm³/mol. The van der Waals surface area contributed by atoms with E-state index in [-0.39, 0.29) is 11.9 Å². The molecule has 3 nitrogen and oxygen atoms in total. The number of benzene rings is 1. The molecule has 0 amide bonds. The quantitative estimate of drug-likeness (QED) is 0.592. The largest absolute Gasteiger partial charge is 0.491 e. The van der Waals surface area contributed by atoms with Gasteiger partial charge < -0.3 is 10.5 Å². The van der Waals surface area contributed by atoms with Crippen molar-refractivity contribution in [3.8, 4) is 5.75 Å². The molecule has 0 aromatic heterocycles. The summed E-state index contributed by atoms with van der Waals surface area (Å²) < 4.78 is 5.76. The molecule has 88 valence electrons. The Bertz CT molecular complexity index is 374. The molecule has 0 heterocycles. The lowest BCUT2D eigenvalue weighted by Crippen LogP contribution is -2.14. The van der Waals surface area contributed by atoms with E-state index in [1.54, 1.807) is 0 Å². The standard InChI is InChI=1S/C13H20N2O/c1-4-5-10(3)16-11-6-7-12(13(14)15)9(2)8-11/h6-8,10H,4-5H2,1-3H3,(H3,14,15). The first-order chi connectivity index (χ1) is 7.54. The van der Waals surface area contributed by atoms with Crippen molar-refractivity contribution in [2.45, 2.75) is 39.7 Å². The van der Waals surface area contributed by atoms with Crippen LogP contribution in [0.1, 0.15) is 37.8 Å². The van der Waals surface area contributed by atoms with Gasteiger partial charge in [0, 0.05) is 5.56 Å². The Balaban J connectivity index is 2.77. The van der Waals surface area contributed by atoms with Gasteiger partial charge in [-0.25, -0.2) is 0 Å². The summed E-state index contributed by atoms with van der Waals surface area (Å²) in [5.41, 5.74) is 7.21. The Morgan fingerprint density at radius 1 is 1.50 bits per heavy atom. The van der Waals surface area contributed by atoms with Crippen LogP contribution in [0.5, 0.6) is 5.75 Å². The molecular formula is C13H20N2O. The molecule has 1 rings (SSSR count). The smallest absolute Gasteiger partial charge is 0.123 e. The van der Waals surface area contributed by atoms with Gasteiger partial charge in [-0.2, -0.15) is 0 Å². The van der Waals surface area contributed by atoms with Gasteiger partial charge in [0.05, 0.1) is 6.10 Å². The topological polar surface area (TPSA) is 59.1 Å². The van der Waals surface area contributed by atoms with E-state index in [1.165, 1.54) is 0 Å². The molecule has 0 spiro atoms. The summed E-state index contributed by atoms with van der Waals surface area (Å²) in [6.45, 7) is 6.15. The number of aryl methyl sites for hydroxylation is 1. The molecule has 0 saturated heterocycles. The number of nitrogens with two attached hydrogens (primary N) is 1. The van der Waals surface area contributed by atoms with Crippen molar-refractivity contribution in [2.75, 3.05) is 0 Å². The molecule has 1 aromatic rings. The van der Waals surface area contributed by atoms with Gasteiger partial charge in [-0.1, -0.05) is 13.3 Å². The molecule has 0 radical (unpaired) electrons. The molecule has 0 bridgehead atoms. The van der Waals surface area contributed by atoms with Crippen molar-refractivity contribution in [1.82, 2.24) is 0 Å². The van der Waals surface area contributed by atoms with E-state index in [9.17, 15) is 0 Å². The Morgan fingerprint density at radius 2 is 2.19 bits per heavy atom. The van der Waals surface area contributed by atoms with Gasteiger partial charge in [-0.15, -0.1) is 0 Å². The first-order valence-corrected chi connectivity index (χ1v) is 5.66. The molecule has 3 N–H and O–H groups in total. The fraction of sp³-hybridized carbons (Fsp3) is 0.462. The lowest BCUT2D eigenvalue weighted by molar-refractivity contribution is 0.210. The lowest BCUT2D eigenvalue weighted by Gasteiger charge is -2.15. The fourth-order valence-electron chi connectivity index (χ4n) is 1.71. The first-order valence-electron chi connectivity index (χ1n) is 5.66. The van der Waals surface area contributed by atoms with Crippen molar-refractivity contribution < 1.29 is 4.74 Å². The minimum atomic E-state index is 0.102. The van der Waals surface area contributed by atoms with Crippen molar-refractivity contribution >= 4 is 5.84 Å². The highest BCUT2D eigenvalue weighted by Gasteiger charge is 2.06. The second kappa shape index (κ2) is 5.54. The van der Waals surface area contributed by atoms with E-state index < -0.39 is 0 Å². The molecule has 0 aliphatic rings. The third kappa shape index (κ3) is 3.26. The van der Waals surface area contributed by atoms with Gasteiger partial charge >= 0.3 is 0 Å². The molecule has 0 aliphatic carbocycles. The third-order valence-corrected chi connectivity index (χ3v) is 2.52. The number of hydrogen-bond donors (Lipinski definition) is 2. The van der Waals surface area contributed by atoms with Gasteiger partial charge in [0.2, 0.25) is 0 Å². The summed E-state index contributed by atoms with van der Waals surface area (Å²) in [7, 11) is 0. The van der Waals surface area contributed by atoms with Crippen LogP contribution in [-0.4, -0.2) is 11.9 Å². The number of amidine groups is 1. The average molecular weight is 220 g/mol. The highest BCUT2D eigenvalue weighted by atomic mass is 16.5. The Labute approximate surface area is 97.1 Å². The summed E-state index contributed by atoms with van der Waals surface area (Å²) >= 11 is 0.